The number of benzene rings is 2. The molecule has 0 atom stereocenters. The van der Waals surface area contributed by atoms with Crippen LogP contribution in [0.1, 0.15) is 11.1 Å². The van der Waals surface area contributed by atoms with Gasteiger partial charge in [0.2, 0.25) is 0 Å². The number of nitrogens with zero attached hydrogens (tertiary/aromatic N) is 2. The number of nitriles is 1. The highest BCUT2D eigenvalue weighted by atomic mass is 79.9. The van der Waals surface area contributed by atoms with Gasteiger partial charge in [-0.2, -0.15) is 5.26 Å². The van der Waals surface area contributed by atoms with Gasteiger partial charge < -0.3 is 14.4 Å². The van der Waals surface area contributed by atoms with Crippen molar-refractivity contribution in [2.75, 3.05) is 21.2 Å². The summed E-state index contributed by atoms with van der Waals surface area (Å²) in [4.78, 5) is 13.4. The van der Waals surface area contributed by atoms with Crippen molar-refractivity contribution in [1.82, 2.24) is 4.90 Å². The molecule has 2 rings (SSSR count). The largest absolute Gasteiger partial charge is 0.493 e. The van der Waals surface area contributed by atoms with Gasteiger partial charge in [-0.3, -0.25) is 4.79 Å². The molecular weight excluding hydrogens is 415 g/mol. The number of carbonyl (C=O) groups excluding carboxylic acids is 1. The third kappa shape index (κ3) is 5.08. The van der Waals surface area contributed by atoms with E-state index in [2.05, 4.69) is 15.9 Å². The lowest BCUT2D eigenvalue weighted by Gasteiger charge is -2.14. The van der Waals surface area contributed by atoms with E-state index >= 15 is 0 Å². The SMILES string of the molecule is COc1cc(/C=C(/C#N)C(=O)N(C)C)c(Br)cc1OCc1ccccc1F. The Hall–Kier alpha value is -2.85. The number of carbonyl (C=O) groups is 1. The molecule has 0 aliphatic rings. The third-order valence-electron chi connectivity index (χ3n) is 3.68. The zero-order valence-electron chi connectivity index (χ0n) is 15.1. The van der Waals surface area contributed by atoms with Gasteiger partial charge in [0.05, 0.1) is 7.11 Å². The summed E-state index contributed by atoms with van der Waals surface area (Å²) in [5.74, 6) is 0.0526. The Morgan fingerprint density at radius 1 is 1.30 bits per heavy atom. The fourth-order valence-electron chi connectivity index (χ4n) is 2.24. The first-order valence-corrected chi connectivity index (χ1v) is 8.73. The maximum Gasteiger partial charge on any atom is 0.264 e. The Balaban J connectivity index is 2.33. The predicted octanol–water partition coefficient (Wildman–Crippen LogP) is 4.17. The Labute approximate surface area is 165 Å². The average molecular weight is 433 g/mol. The zero-order valence-corrected chi connectivity index (χ0v) is 16.7. The molecule has 140 valence electrons. The van der Waals surface area contributed by atoms with Crippen molar-refractivity contribution in [3.63, 3.8) is 0 Å². The summed E-state index contributed by atoms with van der Waals surface area (Å²) in [6.45, 7) is 0.0349. The zero-order chi connectivity index (χ0) is 20.0. The second-order valence-corrected chi connectivity index (χ2v) is 6.63. The van der Waals surface area contributed by atoms with Crippen LogP contribution >= 0.6 is 15.9 Å². The molecule has 7 heteroatoms. The lowest BCUT2D eigenvalue weighted by Crippen LogP contribution is -2.22. The molecule has 2 aromatic carbocycles. The Bertz CT molecular complexity index is 920. The molecule has 0 aromatic heterocycles. The normalized spacial score (nSPS) is 10.9. The molecule has 1 amide bonds. The van der Waals surface area contributed by atoms with Crippen LogP contribution in [0.3, 0.4) is 0 Å². The number of likely N-dealkylation sites (N-methyl/N-ethyl adjacent to an activating group) is 1. The van der Waals surface area contributed by atoms with Gasteiger partial charge in [0.1, 0.15) is 24.1 Å². The van der Waals surface area contributed by atoms with E-state index in [9.17, 15) is 14.4 Å². The van der Waals surface area contributed by atoms with E-state index in [-0.39, 0.29) is 18.0 Å². The van der Waals surface area contributed by atoms with Crippen molar-refractivity contribution in [3.05, 3.63) is 63.4 Å². The van der Waals surface area contributed by atoms with Crippen molar-refractivity contribution < 1.29 is 18.7 Å². The minimum Gasteiger partial charge on any atom is -0.493 e. The maximum atomic E-state index is 13.7. The quantitative estimate of drug-likeness (QED) is 0.507. The lowest BCUT2D eigenvalue weighted by atomic mass is 10.1. The molecule has 0 saturated carbocycles. The van der Waals surface area contributed by atoms with Crippen LogP contribution < -0.4 is 9.47 Å². The van der Waals surface area contributed by atoms with Gasteiger partial charge in [-0.15, -0.1) is 0 Å². The van der Waals surface area contributed by atoms with Crippen LogP contribution in [0.2, 0.25) is 0 Å². The first-order chi connectivity index (χ1) is 12.9. The highest BCUT2D eigenvalue weighted by molar-refractivity contribution is 9.10. The van der Waals surface area contributed by atoms with E-state index in [0.29, 0.717) is 27.1 Å². The smallest absolute Gasteiger partial charge is 0.264 e. The van der Waals surface area contributed by atoms with Gasteiger partial charge in [0.25, 0.3) is 5.91 Å². The van der Waals surface area contributed by atoms with Gasteiger partial charge in [0, 0.05) is 24.1 Å². The van der Waals surface area contributed by atoms with E-state index in [1.807, 2.05) is 6.07 Å². The van der Waals surface area contributed by atoms with Crippen LogP contribution in [0, 0.1) is 17.1 Å². The highest BCUT2D eigenvalue weighted by Gasteiger charge is 2.15. The van der Waals surface area contributed by atoms with Gasteiger partial charge in [0.15, 0.2) is 11.5 Å². The van der Waals surface area contributed by atoms with Gasteiger partial charge >= 0.3 is 0 Å². The summed E-state index contributed by atoms with van der Waals surface area (Å²) in [6, 6.07) is 11.5. The predicted molar refractivity (Wildman–Crippen MR) is 104 cm³/mol. The van der Waals surface area contributed by atoms with E-state index in [4.69, 9.17) is 9.47 Å². The van der Waals surface area contributed by atoms with Crippen molar-refractivity contribution >= 4 is 27.9 Å². The van der Waals surface area contributed by atoms with E-state index in [0.717, 1.165) is 0 Å². The number of rotatable bonds is 6. The number of hydrogen-bond acceptors (Lipinski definition) is 4. The number of halogens is 2. The number of amides is 1. The van der Waals surface area contributed by atoms with E-state index in [1.165, 1.54) is 24.2 Å². The molecule has 0 aliphatic carbocycles. The van der Waals surface area contributed by atoms with Crippen molar-refractivity contribution in [3.8, 4) is 17.6 Å². The van der Waals surface area contributed by atoms with Crippen LogP contribution in [-0.4, -0.2) is 32.0 Å². The first-order valence-electron chi connectivity index (χ1n) is 7.94. The van der Waals surface area contributed by atoms with Crippen LogP contribution in [0.25, 0.3) is 6.08 Å². The summed E-state index contributed by atoms with van der Waals surface area (Å²) >= 11 is 3.41. The minimum atomic E-state index is -0.400. The third-order valence-corrected chi connectivity index (χ3v) is 4.37. The van der Waals surface area contributed by atoms with Crippen LogP contribution in [0.5, 0.6) is 11.5 Å². The Morgan fingerprint density at radius 2 is 2.00 bits per heavy atom. The molecule has 0 radical (unpaired) electrons. The van der Waals surface area contributed by atoms with Crippen LogP contribution in [0.15, 0.2) is 46.4 Å². The minimum absolute atomic E-state index is 0.0113. The lowest BCUT2D eigenvalue weighted by molar-refractivity contribution is -0.124. The van der Waals surface area contributed by atoms with Crippen molar-refractivity contribution in [1.29, 1.82) is 5.26 Å². The summed E-state index contributed by atoms with van der Waals surface area (Å²) in [6.07, 6.45) is 1.47. The topological polar surface area (TPSA) is 62.6 Å². The van der Waals surface area contributed by atoms with Gasteiger partial charge in [-0.25, -0.2) is 4.39 Å². The standard InChI is InChI=1S/C20H18BrFN2O3/c1-24(2)20(25)15(11-23)8-14-9-18(26-3)19(10-16(14)21)27-12-13-6-4-5-7-17(13)22/h4-10H,12H2,1-3H3/b15-8-. The van der Waals surface area contributed by atoms with Crippen molar-refractivity contribution in [2.24, 2.45) is 0 Å². The van der Waals surface area contributed by atoms with Crippen LogP contribution in [0.4, 0.5) is 4.39 Å². The Kier molecular flexibility index (Phi) is 6.97. The average Bonchev–Trinajstić information content (AvgIpc) is 2.65. The Morgan fingerprint density at radius 3 is 2.59 bits per heavy atom. The molecule has 0 saturated heterocycles. The second-order valence-electron chi connectivity index (χ2n) is 5.77. The monoisotopic (exact) mass is 432 g/mol. The summed E-state index contributed by atoms with van der Waals surface area (Å²) < 4.78 is 25.4. The maximum absolute atomic E-state index is 13.7. The molecule has 5 nitrogen and oxygen atoms in total. The molecule has 0 unspecified atom stereocenters. The van der Waals surface area contributed by atoms with Gasteiger partial charge in [-0.1, -0.05) is 34.1 Å². The number of hydrogen-bond donors (Lipinski definition) is 0. The van der Waals surface area contributed by atoms with Crippen molar-refractivity contribution in [2.45, 2.75) is 6.61 Å². The summed E-state index contributed by atoms with van der Waals surface area (Å²) in [7, 11) is 4.62. The molecule has 0 N–H and O–H groups in total. The van der Waals surface area contributed by atoms with Crippen LogP contribution in [-0.2, 0) is 11.4 Å². The molecule has 0 heterocycles. The fourth-order valence-corrected chi connectivity index (χ4v) is 2.68. The molecular formula is C20H18BrFN2O3. The van der Waals surface area contributed by atoms with E-state index < -0.39 is 5.91 Å². The molecule has 0 bridgehead atoms. The highest BCUT2D eigenvalue weighted by Crippen LogP contribution is 2.35. The second kappa shape index (κ2) is 9.19. The number of methoxy groups -OCH3 is 1. The van der Waals surface area contributed by atoms with Gasteiger partial charge in [-0.05, 0) is 29.8 Å². The molecule has 0 aliphatic heterocycles. The molecule has 0 fully saturated rings. The molecule has 27 heavy (non-hydrogen) atoms. The first kappa shape index (κ1) is 20.5. The number of ether oxygens (including phenoxy) is 2. The molecule has 2 aromatic rings. The summed E-state index contributed by atoms with van der Waals surface area (Å²) in [5, 5.41) is 9.24. The summed E-state index contributed by atoms with van der Waals surface area (Å²) in [5.41, 5.74) is 0.989. The molecule has 0 spiro atoms. The fraction of sp³-hybridized carbons (Fsp3) is 0.200. The van der Waals surface area contributed by atoms with E-state index in [1.54, 1.807) is 44.4 Å².